The van der Waals surface area contributed by atoms with Crippen LogP contribution in [0.2, 0.25) is 0 Å². The standard InChI is InChI=1S/C14H20N4O.ClH/c19-13-1-3-14(4-7-15-8-5-14)10-18(13)9-12-2-6-16-11-17-12;/h2,6,11,15H,1,3-5,7-10H2;1H. The molecule has 20 heavy (non-hydrogen) atoms. The van der Waals surface area contributed by atoms with Crippen LogP contribution in [0.4, 0.5) is 0 Å². The lowest BCUT2D eigenvalue weighted by Gasteiger charge is -2.45. The highest BCUT2D eigenvalue weighted by molar-refractivity contribution is 5.85. The van der Waals surface area contributed by atoms with Gasteiger partial charge in [0.05, 0.1) is 12.2 Å². The molecule has 0 aromatic carbocycles. The van der Waals surface area contributed by atoms with Crippen LogP contribution < -0.4 is 5.32 Å². The average molecular weight is 297 g/mol. The highest BCUT2D eigenvalue weighted by Gasteiger charge is 2.39. The summed E-state index contributed by atoms with van der Waals surface area (Å²) in [7, 11) is 0. The second-order valence-corrected chi connectivity index (χ2v) is 5.70. The second-order valence-electron chi connectivity index (χ2n) is 5.70. The Balaban J connectivity index is 0.00000147. The van der Waals surface area contributed by atoms with Crippen LogP contribution in [0.1, 0.15) is 31.4 Å². The third-order valence-electron chi connectivity index (χ3n) is 4.41. The third-order valence-corrected chi connectivity index (χ3v) is 4.41. The quantitative estimate of drug-likeness (QED) is 0.896. The Hall–Kier alpha value is -1.20. The summed E-state index contributed by atoms with van der Waals surface area (Å²) in [6, 6.07) is 1.89. The smallest absolute Gasteiger partial charge is 0.222 e. The van der Waals surface area contributed by atoms with Crippen molar-refractivity contribution in [3.8, 4) is 0 Å². The van der Waals surface area contributed by atoms with Gasteiger partial charge in [-0.1, -0.05) is 0 Å². The Morgan fingerprint density at radius 2 is 2.10 bits per heavy atom. The van der Waals surface area contributed by atoms with Crippen LogP contribution in [0, 0.1) is 5.41 Å². The second kappa shape index (κ2) is 6.50. The van der Waals surface area contributed by atoms with Gasteiger partial charge in [-0.05, 0) is 43.8 Å². The maximum atomic E-state index is 12.1. The molecule has 0 unspecified atom stereocenters. The van der Waals surface area contributed by atoms with Crippen molar-refractivity contribution in [2.24, 2.45) is 5.41 Å². The molecule has 0 bridgehead atoms. The minimum Gasteiger partial charge on any atom is -0.336 e. The van der Waals surface area contributed by atoms with Crippen molar-refractivity contribution in [2.45, 2.75) is 32.2 Å². The van der Waals surface area contributed by atoms with Crippen molar-refractivity contribution < 1.29 is 4.79 Å². The van der Waals surface area contributed by atoms with E-state index in [0.29, 0.717) is 18.4 Å². The van der Waals surface area contributed by atoms with Crippen molar-refractivity contribution in [3.05, 3.63) is 24.3 Å². The van der Waals surface area contributed by atoms with E-state index < -0.39 is 0 Å². The first kappa shape index (κ1) is 15.2. The normalized spacial score (nSPS) is 21.6. The summed E-state index contributed by atoms with van der Waals surface area (Å²) in [5, 5.41) is 3.41. The first-order valence-corrected chi connectivity index (χ1v) is 7.01. The molecule has 3 heterocycles. The largest absolute Gasteiger partial charge is 0.336 e. The van der Waals surface area contributed by atoms with Crippen molar-refractivity contribution in [1.29, 1.82) is 0 Å². The number of carbonyl (C=O) groups is 1. The molecule has 0 aliphatic carbocycles. The first-order valence-electron chi connectivity index (χ1n) is 7.01. The molecule has 6 heteroatoms. The summed E-state index contributed by atoms with van der Waals surface area (Å²) in [5.74, 6) is 0.266. The Kier molecular flexibility index (Phi) is 4.94. The fraction of sp³-hybridized carbons (Fsp3) is 0.643. The topological polar surface area (TPSA) is 58.1 Å². The molecule has 1 aromatic rings. The molecule has 2 saturated heterocycles. The van der Waals surface area contributed by atoms with E-state index in [9.17, 15) is 4.79 Å². The van der Waals surface area contributed by atoms with Gasteiger partial charge >= 0.3 is 0 Å². The molecular weight excluding hydrogens is 276 g/mol. The van der Waals surface area contributed by atoms with Crippen molar-refractivity contribution in [2.75, 3.05) is 19.6 Å². The summed E-state index contributed by atoms with van der Waals surface area (Å²) < 4.78 is 0. The number of amides is 1. The zero-order valence-electron chi connectivity index (χ0n) is 11.5. The fourth-order valence-corrected chi connectivity index (χ4v) is 3.22. The predicted molar refractivity (Wildman–Crippen MR) is 78.5 cm³/mol. The SMILES string of the molecule is Cl.O=C1CCC2(CCNCC2)CN1Cc1ccncn1. The molecule has 1 amide bonds. The van der Waals surface area contributed by atoms with Gasteiger partial charge in [-0.2, -0.15) is 0 Å². The van der Waals surface area contributed by atoms with Crippen LogP contribution in [0.15, 0.2) is 18.6 Å². The molecule has 0 saturated carbocycles. The summed E-state index contributed by atoms with van der Waals surface area (Å²) in [5.41, 5.74) is 1.26. The molecule has 1 spiro atoms. The number of hydrogen-bond acceptors (Lipinski definition) is 4. The summed E-state index contributed by atoms with van der Waals surface area (Å²) >= 11 is 0. The third kappa shape index (κ3) is 3.27. The summed E-state index contributed by atoms with van der Waals surface area (Å²) in [4.78, 5) is 22.2. The molecule has 3 rings (SSSR count). The van der Waals surface area contributed by atoms with Gasteiger partial charge in [-0.15, -0.1) is 12.4 Å². The zero-order chi connectivity index (χ0) is 13.1. The Morgan fingerprint density at radius 1 is 1.30 bits per heavy atom. The number of aromatic nitrogens is 2. The minimum absolute atomic E-state index is 0. The average Bonchev–Trinajstić information content (AvgIpc) is 2.45. The summed E-state index contributed by atoms with van der Waals surface area (Å²) in [6.45, 7) is 3.67. The summed E-state index contributed by atoms with van der Waals surface area (Å²) in [6.07, 6.45) is 7.38. The first-order chi connectivity index (χ1) is 9.27. The van der Waals surface area contributed by atoms with Gasteiger partial charge < -0.3 is 10.2 Å². The van der Waals surface area contributed by atoms with Gasteiger partial charge in [0.2, 0.25) is 5.91 Å². The molecule has 2 aliphatic rings. The highest BCUT2D eigenvalue weighted by atomic mass is 35.5. The number of halogens is 1. The number of likely N-dealkylation sites (tertiary alicyclic amines) is 1. The van der Waals surface area contributed by atoms with Crippen LogP contribution in [0.5, 0.6) is 0 Å². The Labute approximate surface area is 125 Å². The zero-order valence-corrected chi connectivity index (χ0v) is 12.4. The lowest BCUT2D eigenvalue weighted by Crippen LogP contribution is -2.50. The van der Waals surface area contributed by atoms with Crippen LogP contribution in [-0.4, -0.2) is 40.4 Å². The molecule has 0 radical (unpaired) electrons. The van der Waals surface area contributed by atoms with E-state index in [1.54, 1.807) is 12.5 Å². The van der Waals surface area contributed by atoms with Gasteiger partial charge in [0, 0.05) is 19.2 Å². The molecule has 0 atom stereocenters. The highest BCUT2D eigenvalue weighted by Crippen LogP contribution is 2.38. The monoisotopic (exact) mass is 296 g/mol. The van der Waals surface area contributed by atoms with Gasteiger partial charge in [0.15, 0.2) is 0 Å². The van der Waals surface area contributed by atoms with Crippen molar-refractivity contribution in [1.82, 2.24) is 20.2 Å². The fourth-order valence-electron chi connectivity index (χ4n) is 3.22. The lowest BCUT2D eigenvalue weighted by molar-refractivity contribution is -0.139. The number of rotatable bonds is 2. The van der Waals surface area contributed by atoms with E-state index in [1.165, 1.54) is 12.8 Å². The number of piperidine rings is 2. The van der Waals surface area contributed by atoms with Crippen LogP contribution in [0.3, 0.4) is 0 Å². The maximum Gasteiger partial charge on any atom is 0.222 e. The van der Waals surface area contributed by atoms with Gasteiger partial charge in [0.1, 0.15) is 6.33 Å². The van der Waals surface area contributed by atoms with E-state index in [4.69, 9.17) is 0 Å². The Bertz CT molecular complexity index is 448. The molecule has 2 fully saturated rings. The number of hydrogen-bond donors (Lipinski definition) is 1. The van der Waals surface area contributed by atoms with Gasteiger partial charge in [-0.25, -0.2) is 9.97 Å². The van der Waals surface area contributed by atoms with E-state index >= 15 is 0 Å². The lowest BCUT2D eigenvalue weighted by atomic mass is 9.73. The molecule has 1 N–H and O–H groups in total. The molecule has 1 aromatic heterocycles. The van der Waals surface area contributed by atoms with E-state index in [1.807, 2.05) is 11.0 Å². The number of nitrogens with one attached hydrogen (secondary N) is 1. The van der Waals surface area contributed by atoms with E-state index in [-0.39, 0.29) is 18.3 Å². The van der Waals surface area contributed by atoms with E-state index in [0.717, 1.165) is 31.7 Å². The maximum absolute atomic E-state index is 12.1. The number of carbonyl (C=O) groups excluding carboxylic acids is 1. The van der Waals surface area contributed by atoms with Crippen molar-refractivity contribution in [3.63, 3.8) is 0 Å². The molecule has 110 valence electrons. The molecular formula is C14H21ClN4O. The Morgan fingerprint density at radius 3 is 2.80 bits per heavy atom. The predicted octanol–water partition coefficient (Wildman–Crippen LogP) is 1.39. The van der Waals surface area contributed by atoms with Crippen LogP contribution in [0.25, 0.3) is 0 Å². The van der Waals surface area contributed by atoms with Crippen LogP contribution in [-0.2, 0) is 11.3 Å². The number of nitrogens with zero attached hydrogens (tertiary/aromatic N) is 3. The van der Waals surface area contributed by atoms with Gasteiger partial charge in [0.25, 0.3) is 0 Å². The minimum atomic E-state index is 0. The van der Waals surface area contributed by atoms with Crippen molar-refractivity contribution >= 4 is 18.3 Å². The molecule has 5 nitrogen and oxygen atoms in total. The molecule has 2 aliphatic heterocycles. The van der Waals surface area contributed by atoms with Gasteiger partial charge in [-0.3, -0.25) is 4.79 Å². The van der Waals surface area contributed by atoms with E-state index in [2.05, 4.69) is 15.3 Å². The van der Waals surface area contributed by atoms with Crippen LogP contribution >= 0.6 is 12.4 Å².